The fourth-order valence-corrected chi connectivity index (χ4v) is 3.37. The highest BCUT2D eigenvalue weighted by atomic mass is 19.4. The summed E-state index contributed by atoms with van der Waals surface area (Å²) in [6.07, 6.45) is -9.98. The van der Waals surface area contributed by atoms with E-state index < -0.39 is 53.2 Å². The van der Waals surface area contributed by atoms with E-state index >= 15 is 0 Å². The van der Waals surface area contributed by atoms with Gasteiger partial charge in [0.2, 0.25) is 0 Å². The van der Waals surface area contributed by atoms with Gasteiger partial charge in [-0.25, -0.2) is 9.48 Å². The molecule has 0 saturated heterocycles. The van der Waals surface area contributed by atoms with Crippen molar-refractivity contribution in [1.82, 2.24) is 9.78 Å². The number of aliphatic hydroxyl groups is 1. The molecular formula is C19H16F6N2O3. The highest BCUT2D eigenvalue weighted by Gasteiger charge is 2.47. The number of halogens is 6. The van der Waals surface area contributed by atoms with Gasteiger partial charge in [-0.05, 0) is 25.5 Å². The molecule has 11 heteroatoms. The number of carboxylic acids is 1. The van der Waals surface area contributed by atoms with Gasteiger partial charge in [0.05, 0.1) is 28.9 Å². The van der Waals surface area contributed by atoms with E-state index in [-0.39, 0.29) is 11.3 Å². The molecule has 162 valence electrons. The first-order valence-electron chi connectivity index (χ1n) is 8.74. The lowest BCUT2D eigenvalue weighted by Crippen LogP contribution is -2.24. The molecule has 0 aliphatic heterocycles. The maximum Gasteiger partial charge on any atom is 0.397 e. The molecule has 0 bridgehead atoms. The van der Waals surface area contributed by atoms with Crippen LogP contribution in [0.4, 0.5) is 26.3 Å². The molecule has 1 aromatic carbocycles. The Morgan fingerprint density at radius 3 is 2.17 bits per heavy atom. The van der Waals surface area contributed by atoms with Crippen molar-refractivity contribution < 1.29 is 41.4 Å². The number of nitrogens with zero attached hydrogens (tertiary/aromatic N) is 2. The summed E-state index contributed by atoms with van der Waals surface area (Å²) >= 11 is 0. The summed E-state index contributed by atoms with van der Waals surface area (Å²) in [7, 11) is 0. The molecular weight excluding hydrogens is 418 g/mol. The normalized spacial score (nSPS) is 18.7. The van der Waals surface area contributed by atoms with E-state index in [1.54, 1.807) is 6.07 Å². The first-order chi connectivity index (χ1) is 13.7. The van der Waals surface area contributed by atoms with Crippen LogP contribution in [-0.2, 0) is 0 Å². The summed E-state index contributed by atoms with van der Waals surface area (Å²) in [6, 6.07) is 6.05. The number of aromatic nitrogens is 2. The van der Waals surface area contributed by atoms with Gasteiger partial charge in [-0.15, -0.1) is 0 Å². The van der Waals surface area contributed by atoms with Crippen LogP contribution >= 0.6 is 0 Å². The minimum absolute atomic E-state index is 0.118. The van der Waals surface area contributed by atoms with E-state index in [1.165, 1.54) is 18.2 Å². The molecule has 2 N–H and O–H groups in total. The van der Waals surface area contributed by atoms with Gasteiger partial charge in [0.15, 0.2) is 0 Å². The van der Waals surface area contributed by atoms with Gasteiger partial charge in [-0.2, -0.15) is 31.4 Å². The molecule has 3 rings (SSSR count). The molecule has 30 heavy (non-hydrogen) atoms. The van der Waals surface area contributed by atoms with Crippen molar-refractivity contribution in [3.05, 3.63) is 58.4 Å². The number of hydrogen-bond acceptors (Lipinski definition) is 3. The zero-order valence-electron chi connectivity index (χ0n) is 15.6. The summed E-state index contributed by atoms with van der Waals surface area (Å²) in [5, 5.41) is 23.4. The van der Waals surface area contributed by atoms with Crippen molar-refractivity contribution in [2.24, 2.45) is 0 Å². The molecule has 3 atom stereocenters. The Kier molecular flexibility index (Phi) is 5.21. The van der Waals surface area contributed by atoms with Crippen molar-refractivity contribution in [1.29, 1.82) is 0 Å². The molecule has 0 saturated carbocycles. The first kappa shape index (κ1) is 21.9. The van der Waals surface area contributed by atoms with Crippen LogP contribution in [0.15, 0.2) is 30.3 Å². The molecule has 1 aliphatic rings. The van der Waals surface area contributed by atoms with Crippen LogP contribution in [0, 0.1) is 0 Å². The number of aliphatic hydroxyl groups excluding tert-OH is 1. The van der Waals surface area contributed by atoms with Crippen LogP contribution in [-0.4, -0.2) is 38.3 Å². The summed E-state index contributed by atoms with van der Waals surface area (Å²) in [5.41, 5.74) is -2.67. The molecule has 1 heterocycles. The molecule has 0 fully saturated rings. The average molecular weight is 434 g/mol. The van der Waals surface area contributed by atoms with Gasteiger partial charge in [0, 0.05) is 5.56 Å². The number of benzene rings is 1. The largest absolute Gasteiger partial charge is 0.478 e. The molecule has 0 radical (unpaired) electrons. The maximum atomic E-state index is 13.5. The zero-order valence-corrected chi connectivity index (χ0v) is 15.6. The number of carboxylic acid groups (broad SMARTS) is 1. The van der Waals surface area contributed by atoms with Gasteiger partial charge >= 0.3 is 18.3 Å². The number of alkyl halides is 6. The minimum atomic E-state index is -4.95. The van der Waals surface area contributed by atoms with Gasteiger partial charge in [-0.1, -0.05) is 24.3 Å². The number of carbonyl (C=O) groups is 1. The molecule has 2 aromatic rings. The number of fused-ring (bicyclic) bond motifs is 1. The summed E-state index contributed by atoms with van der Waals surface area (Å²) < 4.78 is 81.1. The quantitative estimate of drug-likeness (QED) is 0.675. The zero-order chi connectivity index (χ0) is 22.6. The third kappa shape index (κ3) is 3.57. The van der Waals surface area contributed by atoms with E-state index in [4.69, 9.17) is 0 Å². The van der Waals surface area contributed by atoms with Gasteiger partial charge < -0.3 is 10.2 Å². The van der Waals surface area contributed by atoms with Crippen LogP contribution in [0.5, 0.6) is 0 Å². The van der Waals surface area contributed by atoms with Crippen molar-refractivity contribution >= 4 is 11.7 Å². The summed E-state index contributed by atoms with van der Waals surface area (Å²) in [6.45, 7) is 1.28. The molecule has 3 unspecified atom stereocenters. The van der Waals surface area contributed by atoms with E-state index in [9.17, 15) is 41.4 Å². The lowest BCUT2D eigenvalue weighted by atomic mass is 9.96. The Hall–Kier alpha value is -2.82. The molecule has 0 spiro atoms. The van der Waals surface area contributed by atoms with Crippen LogP contribution in [0.2, 0.25) is 0 Å². The van der Waals surface area contributed by atoms with E-state index in [1.807, 2.05) is 0 Å². The number of aromatic carboxylic acids is 1. The predicted molar refractivity (Wildman–Crippen MR) is 92.9 cm³/mol. The number of rotatable bonds is 4. The maximum absolute atomic E-state index is 13.5. The van der Waals surface area contributed by atoms with Crippen molar-refractivity contribution in [3.63, 3.8) is 0 Å². The number of hydrogen-bond donors (Lipinski definition) is 2. The van der Waals surface area contributed by atoms with Crippen molar-refractivity contribution in [2.45, 2.75) is 44.1 Å². The summed E-state index contributed by atoms with van der Waals surface area (Å²) in [4.78, 5) is 11.8. The van der Waals surface area contributed by atoms with Gasteiger partial charge in [0.25, 0.3) is 0 Å². The van der Waals surface area contributed by atoms with Crippen LogP contribution in [0.1, 0.15) is 64.7 Å². The standard InChI is InChI=1S/C19H16F6N2O3/c1-8(18(20,21)22)15-14(17(29)30)16(9(2)19(23,24)25)27(26-15)12-7-13(28)11-6-4-3-5-10(11)12/h3-9,13,28H,1-2H3,(H,29,30). The Balaban J connectivity index is 2.36. The average Bonchev–Trinajstić information content (AvgIpc) is 3.17. The fourth-order valence-electron chi connectivity index (χ4n) is 3.37. The lowest BCUT2D eigenvalue weighted by Gasteiger charge is -2.19. The Morgan fingerprint density at radius 1 is 1.07 bits per heavy atom. The third-order valence-corrected chi connectivity index (χ3v) is 5.06. The van der Waals surface area contributed by atoms with Gasteiger partial charge in [0.1, 0.15) is 11.7 Å². The van der Waals surface area contributed by atoms with Gasteiger partial charge in [-0.3, -0.25) is 0 Å². The Bertz CT molecular complexity index is 1020. The van der Waals surface area contributed by atoms with Crippen molar-refractivity contribution in [3.8, 4) is 0 Å². The smallest absolute Gasteiger partial charge is 0.397 e. The first-order valence-corrected chi connectivity index (χ1v) is 8.74. The second-order valence-corrected chi connectivity index (χ2v) is 6.97. The van der Waals surface area contributed by atoms with E-state index in [0.717, 1.165) is 6.08 Å². The SMILES string of the molecule is CC(c1nn(C2=CC(O)c3ccccc32)c(C(C)C(F)(F)F)c1C(=O)O)C(F)(F)F. The van der Waals surface area contributed by atoms with E-state index in [2.05, 4.69) is 5.10 Å². The lowest BCUT2D eigenvalue weighted by molar-refractivity contribution is -0.147. The fraction of sp³-hybridized carbons (Fsp3) is 0.368. The molecule has 1 aliphatic carbocycles. The summed E-state index contributed by atoms with van der Waals surface area (Å²) in [5.74, 6) is -6.81. The highest BCUT2D eigenvalue weighted by molar-refractivity contribution is 5.92. The minimum Gasteiger partial charge on any atom is -0.478 e. The van der Waals surface area contributed by atoms with Crippen molar-refractivity contribution in [2.75, 3.05) is 0 Å². The van der Waals surface area contributed by atoms with E-state index in [0.29, 0.717) is 24.1 Å². The van der Waals surface area contributed by atoms with Crippen LogP contribution < -0.4 is 0 Å². The molecule has 1 aromatic heterocycles. The van der Waals surface area contributed by atoms with Crippen LogP contribution in [0.25, 0.3) is 5.70 Å². The monoisotopic (exact) mass is 434 g/mol. The third-order valence-electron chi connectivity index (χ3n) is 5.06. The molecule has 0 amide bonds. The highest BCUT2D eigenvalue weighted by Crippen LogP contribution is 2.44. The van der Waals surface area contributed by atoms with Crippen LogP contribution in [0.3, 0.4) is 0 Å². The second kappa shape index (κ2) is 7.15. The topological polar surface area (TPSA) is 75.3 Å². The second-order valence-electron chi connectivity index (χ2n) is 6.97. The molecule has 5 nitrogen and oxygen atoms in total. The Labute approximate surface area is 166 Å². The predicted octanol–water partition coefficient (Wildman–Crippen LogP) is 4.85. The Morgan fingerprint density at radius 2 is 1.63 bits per heavy atom.